The molecule has 29 heavy (non-hydrogen) atoms. The molecule has 0 bridgehead atoms. The molecule has 2 aromatic rings. The summed E-state index contributed by atoms with van der Waals surface area (Å²) >= 11 is -1.95. The van der Waals surface area contributed by atoms with Gasteiger partial charge in [-0.2, -0.15) is 0 Å². The Morgan fingerprint density at radius 1 is 1.10 bits per heavy atom. The van der Waals surface area contributed by atoms with Gasteiger partial charge in [-0.1, -0.05) is 0 Å². The van der Waals surface area contributed by atoms with Crippen LogP contribution in [0.5, 0.6) is 5.75 Å². The van der Waals surface area contributed by atoms with Crippen molar-refractivity contribution in [2.45, 2.75) is 13.0 Å². The minimum atomic E-state index is -1.95. The number of para-hydroxylation sites is 2. The van der Waals surface area contributed by atoms with Crippen molar-refractivity contribution in [1.82, 2.24) is 10.6 Å². The Morgan fingerprint density at radius 3 is 2.24 bits per heavy atom. The fourth-order valence-electron chi connectivity index (χ4n) is 2.13. The number of rotatable bonds is 5. The van der Waals surface area contributed by atoms with E-state index in [2.05, 4.69) is 16.0 Å². The van der Waals surface area contributed by atoms with Gasteiger partial charge in [0.2, 0.25) is 0 Å². The molecule has 10 heteroatoms. The third-order valence-electron chi connectivity index (χ3n) is 3.44. The summed E-state index contributed by atoms with van der Waals surface area (Å²) in [5, 5.41) is 8.78. The molecule has 0 aliphatic carbocycles. The second-order valence-electron chi connectivity index (χ2n) is 5.51. The Hall–Kier alpha value is 1.22. The van der Waals surface area contributed by atoms with Crippen molar-refractivity contribution in [2.75, 3.05) is 18.4 Å². The molecule has 1 amide bonds. The minimum absolute atomic E-state index is 0. The predicted octanol–water partition coefficient (Wildman–Crippen LogP) is 3.47. The summed E-state index contributed by atoms with van der Waals surface area (Å²) in [6, 6.07) is 16.6. The molecule has 1 aliphatic rings. The molecule has 0 spiro atoms. The monoisotopic (exact) mass is 576 g/mol. The Kier molecular flexibility index (Phi) is 18.5. The summed E-state index contributed by atoms with van der Waals surface area (Å²) in [4.78, 5) is 12.2. The number of nitrogens with one attached hydrogen (secondary N) is 3. The van der Waals surface area contributed by atoms with Crippen LogP contribution in [0.1, 0.15) is 12.5 Å². The molecule has 1 unspecified atom stereocenters. The van der Waals surface area contributed by atoms with Gasteiger partial charge in [-0.3, -0.25) is 0 Å². The first-order chi connectivity index (χ1) is 13.1. The third kappa shape index (κ3) is 12.7. The maximum atomic E-state index is 12.2. The van der Waals surface area contributed by atoms with Crippen LogP contribution < -0.4 is 20.7 Å². The van der Waals surface area contributed by atoms with Crippen LogP contribution in [0, 0.1) is 82.1 Å². The van der Waals surface area contributed by atoms with Crippen LogP contribution in [-0.2, 0) is 18.3 Å². The van der Waals surface area contributed by atoms with E-state index < -0.39 is 19.6 Å². The van der Waals surface area contributed by atoms with Gasteiger partial charge in [0.05, 0.1) is 0 Å². The van der Waals surface area contributed by atoms with Crippen LogP contribution in [0.3, 0.4) is 0 Å². The largest absolute Gasteiger partial charge is 0.455 e. The van der Waals surface area contributed by atoms with E-state index in [1.807, 2.05) is 55.2 Å². The standard InChI is InChI=1S/C16H15NO2.C3H7N2.2Ar.2ClH.Ru/c1-12-8-6-7-11-15(12)19-13(2)16(18)17-14-9-4-3-5-10-14;1-2-5-3-4-1;;;;;/h1,3-11,13H,2H3,(H,17,18);3-5H,1-2H2;;;2*1H;/q;-1;;;;;+2/p-2. The fraction of sp³-hybridized carbons (Fsp3) is 0.211. The number of anilines is 1. The number of hydrogen-bond acceptors (Lipinski definition) is 4. The summed E-state index contributed by atoms with van der Waals surface area (Å²) in [5.74, 6) is 0.380. The smallest absolute Gasteiger partial charge is 0 e. The Balaban J connectivity index is 0.000000978. The molecule has 3 rings (SSSR count). The zero-order valence-corrected chi connectivity index (χ0v) is 20.1. The molecule has 0 aromatic heterocycles. The number of ether oxygens (including phenoxy) is 1. The van der Waals surface area contributed by atoms with Gasteiger partial charge < -0.3 is 10.6 Å². The summed E-state index contributed by atoms with van der Waals surface area (Å²) in [6.07, 6.45) is -0.638. The second kappa shape index (κ2) is 17.7. The molecule has 3 N–H and O–H groups in total. The number of amides is 1. The summed E-state index contributed by atoms with van der Waals surface area (Å²) in [7, 11) is 11.8. The van der Waals surface area contributed by atoms with Crippen LogP contribution in [0.15, 0.2) is 54.6 Å². The van der Waals surface area contributed by atoms with Crippen LogP contribution in [0.2, 0.25) is 0 Å². The van der Waals surface area contributed by atoms with Crippen LogP contribution >= 0.6 is 19.4 Å². The van der Waals surface area contributed by atoms with E-state index in [9.17, 15) is 4.79 Å². The van der Waals surface area contributed by atoms with Crippen molar-refractivity contribution in [3.8, 4) is 5.75 Å². The van der Waals surface area contributed by atoms with Gasteiger partial charge in [-0.15, -0.1) is 0 Å². The van der Waals surface area contributed by atoms with Gasteiger partial charge >= 0.3 is 143 Å². The average molecular weight is 576 g/mol. The molecular formula is C19H22Ar2Cl2N3O2Ru-. The minimum Gasteiger partial charge on any atom is -0.455 e. The zero-order valence-electron chi connectivity index (χ0n) is 15.5. The first kappa shape index (κ1) is 30.2. The number of hydrogen-bond donors (Lipinski definition) is 3. The van der Waals surface area contributed by atoms with Gasteiger partial charge in [0, 0.05) is 75.5 Å². The zero-order chi connectivity index (χ0) is 19.5. The van der Waals surface area contributed by atoms with Crippen LogP contribution in [0.4, 0.5) is 5.69 Å². The molecular weight excluding hydrogens is 554 g/mol. The van der Waals surface area contributed by atoms with E-state index >= 15 is 0 Å². The first-order valence-electron chi connectivity index (χ1n) is 8.29. The van der Waals surface area contributed by atoms with Gasteiger partial charge in [0.1, 0.15) is 0 Å². The predicted molar refractivity (Wildman–Crippen MR) is 109 cm³/mol. The van der Waals surface area contributed by atoms with Crippen molar-refractivity contribution in [3.63, 3.8) is 0 Å². The molecule has 1 aliphatic heterocycles. The summed E-state index contributed by atoms with van der Waals surface area (Å²) in [5.41, 5.74) is 1.54. The van der Waals surface area contributed by atoms with Crippen molar-refractivity contribution in [3.05, 3.63) is 66.8 Å². The van der Waals surface area contributed by atoms with Gasteiger partial charge in [-0.05, 0) is 13.1 Å². The van der Waals surface area contributed by atoms with E-state index in [4.69, 9.17) is 24.1 Å². The van der Waals surface area contributed by atoms with Crippen LogP contribution in [-0.4, -0.2) is 29.7 Å². The molecule has 0 saturated carbocycles. The molecule has 2 aromatic carbocycles. The van der Waals surface area contributed by atoms with E-state index in [1.165, 1.54) is 0 Å². The van der Waals surface area contributed by atoms with Crippen molar-refractivity contribution < 1.29 is 98.5 Å². The maximum absolute atomic E-state index is 12.2. The molecule has 1 fully saturated rings. The molecule has 0 radical (unpaired) electrons. The van der Waals surface area contributed by atoms with E-state index in [0.29, 0.717) is 5.75 Å². The summed E-state index contributed by atoms with van der Waals surface area (Å²) < 4.78 is 7.54. The van der Waals surface area contributed by atoms with Crippen molar-refractivity contribution >= 4 is 35.6 Å². The number of halogens is 2. The fourth-order valence-corrected chi connectivity index (χ4v) is 3.93. The summed E-state index contributed by atoms with van der Waals surface area (Å²) in [6.45, 7) is 5.73. The van der Waals surface area contributed by atoms with Gasteiger partial charge in [-0.25, -0.2) is 6.67 Å². The second-order valence-corrected chi connectivity index (χ2v) is 11.2. The first-order valence-corrected chi connectivity index (χ1v) is 13.8. The topological polar surface area (TPSA) is 62.4 Å². The van der Waals surface area contributed by atoms with Gasteiger partial charge in [0.25, 0.3) is 0 Å². The van der Waals surface area contributed by atoms with Gasteiger partial charge in [0.15, 0.2) is 0 Å². The Morgan fingerprint density at radius 2 is 1.69 bits per heavy atom. The third-order valence-corrected chi connectivity index (χ3v) is 5.27. The molecule has 5 nitrogen and oxygen atoms in total. The number of carbonyl (C=O) groups is 1. The molecule has 1 saturated heterocycles. The van der Waals surface area contributed by atoms with E-state index in [0.717, 1.165) is 24.3 Å². The quantitative estimate of drug-likeness (QED) is 0.377. The van der Waals surface area contributed by atoms with E-state index in [-0.39, 0.29) is 81.4 Å². The Bertz CT molecular complexity index is 755. The number of benzene rings is 2. The van der Waals surface area contributed by atoms with E-state index in [1.54, 1.807) is 17.6 Å². The van der Waals surface area contributed by atoms with Crippen LogP contribution in [0.25, 0.3) is 0 Å². The maximum Gasteiger partial charge on any atom is 0 e. The Labute approximate surface area is 245 Å². The molecule has 1 heterocycles. The van der Waals surface area contributed by atoms with Crippen molar-refractivity contribution in [1.29, 1.82) is 0 Å². The normalized spacial score (nSPS) is 13.4. The van der Waals surface area contributed by atoms with Crippen molar-refractivity contribution in [2.24, 2.45) is 0 Å². The molecule has 1 atom stereocenters. The molecule has 164 valence electrons. The average Bonchev–Trinajstić information content (AvgIpc) is 3.24. The SMILES string of the molecule is CC(Oc1ccccc1[CH]=[Ru]([Cl])[Cl])C(=O)Nc1ccccc1.[Ar].[Ar].[CH-]1NCCN1. The number of carbonyl (C=O) groups excluding carboxylic acids is 1.